The average Bonchev–Trinajstić information content (AvgIpc) is 2.65. The average molecular weight is 166 g/mol. The summed E-state index contributed by atoms with van der Waals surface area (Å²) in [4.78, 5) is 0. The maximum absolute atomic E-state index is 5.69. The number of nitrogens with one attached hydrogen (secondary N) is 1. The highest BCUT2D eigenvalue weighted by molar-refractivity contribution is 5.25. The van der Waals surface area contributed by atoms with Gasteiger partial charge in [0, 0.05) is 6.04 Å². The van der Waals surface area contributed by atoms with Gasteiger partial charge in [0.1, 0.15) is 5.82 Å². The van der Waals surface area contributed by atoms with E-state index in [0.29, 0.717) is 6.04 Å². The lowest BCUT2D eigenvalue weighted by Gasteiger charge is -2.10. The molecule has 66 valence electrons. The first-order chi connectivity index (χ1) is 5.86. The summed E-state index contributed by atoms with van der Waals surface area (Å²) in [6.07, 6.45) is 4.25. The minimum absolute atomic E-state index is 0.562. The van der Waals surface area contributed by atoms with Gasteiger partial charge in [0.15, 0.2) is 0 Å². The van der Waals surface area contributed by atoms with Crippen molar-refractivity contribution >= 4 is 5.82 Å². The summed E-state index contributed by atoms with van der Waals surface area (Å²) in [5, 5.41) is 7.54. The third-order valence-electron chi connectivity index (χ3n) is 2.31. The topological polar surface area (TPSA) is 55.9 Å². The summed E-state index contributed by atoms with van der Waals surface area (Å²) < 4.78 is 1.85. The van der Waals surface area contributed by atoms with Gasteiger partial charge in [-0.3, -0.25) is 0 Å². The first-order valence-corrected chi connectivity index (χ1v) is 4.37. The third-order valence-corrected chi connectivity index (χ3v) is 2.31. The van der Waals surface area contributed by atoms with E-state index in [1.165, 1.54) is 12.8 Å². The first-order valence-electron chi connectivity index (χ1n) is 4.37. The Morgan fingerprint density at radius 2 is 2.67 bits per heavy atom. The molecule has 0 amide bonds. The summed E-state index contributed by atoms with van der Waals surface area (Å²) in [6, 6.07) is 2.39. The van der Waals surface area contributed by atoms with Gasteiger partial charge < -0.3 is 11.1 Å². The van der Waals surface area contributed by atoms with Crippen molar-refractivity contribution in [2.45, 2.75) is 25.4 Å². The minimum Gasteiger partial charge on any atom is -0.384 e. The summed E-state index contributed by atoms with van der Waals surface area (Å²) in [5.41, 5.74) is 5.69. The van der Waals surface area contributed by atoms with Gasteiger partial charge in [-0.15, -0.1) is 0 Å². The summed E-state index contributed by atoms with van der Waals surface area (Å²) in [5.74, 6) is 0.753. The molecule has 0 unspecified atom stereocenters. The second-order valence-corrected chi connectivity index (χ2v) is 3.23. The van der Waals surface area contributed by atoms with Crippen LogP contribution in [0.1, 0.15) is 12.8 Å². The molecule has 1 aromatic heterocycles. The van der Waals surface area contributed by atoms with E-state index in [0.717, 1.165) is 18.9 Å². The van der Waals surface area contributed by atoms with E-state index in [4.69, 9.17) is 5.73 Å². The van der Waals surface area contributed by atoms with Crippen LogP contribution in [-0.2, 0) is 6.54 Å². The summed E-state index contributed by atoms with van der Waals surface area (Å²) in [7, 11) is 0. The molecule has 0 bridgehead atoms. The van der Waals surface area contributed by atoms with Gasteiger partial charge in [-0.25, -0.2) is 4.68 Å². The van der Waals surface area contributed by atoms with Crippen molar-refractivity contribution in [3.63, 3.8) is 0 Å². The van der Waals surface area contributed by atoms with Gasteiger partial charge >= 0.3 is 0 Å². The van der Waals surface area contributed by atoms with Crippen molar-refractivity contribution in [2.24, 2.45) is 0 Å². The van der Waals surface area contributed by atoms with E-state index in [-0.39, 0.29) is 0 Å². The molecular weight excluding hydrogens is 152 g/mol. The van der Waals surface area contributed by atoms with Crippen molar-refractivity contribution < 1.29 is 0 Å². The Morgan fingerprint density at radius 1 is 1.75 bits per heavy atom. The number of anilines is 1. The Hall–Kier alpha value is -1.03. The Morgan fingerprint density at radius 3 is 3.25 bits per heavy atom. The number of nitrogens with two attached hydrogens (primary N) is 1. The molecule has 1 aliphatic heterocycles. The monoisotopic (exact) mass is 166 g/mol. The molecule has 0 spiro atoms. The van der Waals surface area contributed by atoms with Crippen LogP contribution in [0.2, 0.25) is 0 Å². The molecule has 1 atom stereocenters. The SMILES string of the molecule is Nc1ccnn1C[C@@H]1CCCN1. The van der Waals surface area contributed by atoms with E-state index in [1.54, 1.807) is 6.20 Å². The van der Waals surface area contributed by atoms with Crippen LogP contribution >= 0.6 is 0 Å². The fraction of sp³-hybridized carbons (Fsp3) is 0.625. The number of rotatable bonds is 2. The largest absolute Gasteiger partial charge is 0.384 e. The summed E-state index contributed by atoms with van der Waals surface area (Å²) in [6.45, 7) is 2.03. The van der Waals surface area contributed by atoms with Crippen molar-refractivity contribution in [3.8, 4) is 0 Å². The molecule has 0 saturated carbocycles. The molecule has 0 radical (unpaired) electrons. The molecule has 2 rings (SSSR count). The predicted octanol–water partition coefficient (Wildman–Crippen LogP) is 0.217. The highest BCUT2D eigenvalue weighted by Gasteiger charge is 2.15. The second-order valence-electron chi connectivity index (χ2n) is 3.23. The fourth-order valence-electron chi connectivity index (χ4n) is 1.62. The number of hydrogen-bond donors (Lipinski definition) is 2. The molecule has 0 aromatic carbocycles. The van der Waals surface area contributed by atoms with Crippen molar-refractivity contribution in [3.05, 3.63) is 12.3 Å². The van der Waals surface area contributed by atoms with Crippen LogP contribution in [0.3, 0.4) is 0 Å². The molecule has 4 nitrogen and oxygen atoms in total. The molecule has 0 aliphatic carbocycles. The van der Waals surface area contributed by atoms with E-state index in [2.05, 4.69) is 10.4 Å². The van der Waals surface area contributed by atoms with E-state index in [1.807, 2.05) is 10.7 Å². The smallest absolute Gasteiger partial charge is 0.121 e. The van der Waals surface area contributed by atoms with Crippen molar-refractivity contribution in [2.75, 3.05) is 12.3 Å². The van der Waals surface area contributed by atoms with E-state index in [9.17, 15) is 0 Å². The minimum atomic E-state index is 0.562. The maximum atomic E-state index is 5.69. The number of aromatic nitrogens is 2. The second kappa shape index (κ2) is 3.15. The van der Waals surface area contributed by atoms with Crippen LogP contribution in [0.4, 0.5) is 5.82 Å². The fourth-order valence-corrected chi connectivity index (χ4v) is 1.62. The molecule has 1 fully saturated rings. The van der Waals surface area contributed by atoms with Crippen LogP contribution in [-0.4, -0.2) is 22.4 Å². The number of nitrogens with zero attached hydrogens (tertiary/aromatic N) is 2. The zero-order chi connectivity index (χ0) is 8.39. The van der Waals surface area contributed by atoms with Crippen molar-refractivity contribution in [1.29, 1.82) is 0 Å². The van der Waals surface area contributed by atoms with E-state index < -0.39 is 0 Å². The predicted molar refractivity (Wildman–Crippen MR) is 47.7 cm³/mol. The Labute approximate surface area is 71.7 Å². The summed E-state index contributed by atoms with van der Waals surface area (Å²) >= 11 is 0. The van der Waals surface area contributed by atoms with Gasteiger partial charge in [-0.05, 0) is 25.5 Å². The molecule has 4 heteroatoms. The molecule has 1 aliphatic rings. The normalized spacial score (nSPS) is 23.2. The Kier molecular flexibility index (Phi) is 1.99. The Bertz CT molecular complexity index is 249. The van der Waals surface area contributed by atoms with Gasteiger partial charge in [0.05, 0.1) is 12.7 Å². The Balaban J connectivity index is 1.98. The zero-order valence-electron chi connectivity index (χ0n) is 7.03. The van der Waals surface area contributed by atoms with Crippen molar-refractivity contribution in [1.82, 2.24) is 15.1 Å². The quantitative estimate of drug-likeness (QED) is 0.660. The van der Waals surface area contributed by atoms with Crippen LogP contribution < -0.4 is 11.1 Å². The van der Waals surface area contributed by atoms with Crippen LogP contribution in [0.5, 0.6) is 0 Å². The number of nitrogen functional groups attached to an aromatic ring is 1. The highest BCUT2D eigenvalue weighted by atomic mass is 15.3. The van der Waals surface area contributed by atoms with Gasteiger partial charge in [0.25, 0.3) is 0 Å². The van der Waals surface area contributed by atoms with Gasteiger partial charge in [-0.2, -0.15) is 5.10 Å². The van der Waals surface area contributed by atoms with Crippen LogP contribution in [0.25, 0.3) is 0 Å². The van der Waals surface area contributed by atoms with Crippen LogP contribution in [0.15, 0.2) is 12.3 Å². The molecule has 1 saturated heterocycles. The molecule has 3 N–H and O–H groups in total. The molecule has 1 aromatic rings. The lowest BCUT2D eigenvalue weighted by molar-refractivity contribution is 0.481. The molecular formula is C8H14N4. The molecule has 12 heavy (non-hydrogen) atoms. The zero-order valence-corrected chi connectivity index (χ0v) is 7.03. The third kappa shape index (κ3) is 1.43. The number of hydrogen-bond acceptors (Lipinski definition) is 3. The lowest BCUT2D eigenvalue weighted by Crippen LogP contribution is -2.27. The lowest BCUT2D eigenvalue weighted by atomic mass is 10.2. The van der Waals surface area contributed by atoms with Gasteiger partial charge in [0.2, 0.25) is 0 Å². The first kappa shape index (κ1) is 7.61. The maximum Gasteiger partial charge on any atom is 0.121 e. The van der Waals surface area contributed by atoms with Gasteiger partial charge in [-0.1, -0.05) is 0 Å². The standard InChI is InChI=1S/C8H14N4/c9-8-3-5-11-12(8)6-7-2-1-4-10-7/h3,5,7,10H,1-2,4,6,9H2/t7-/m0/s1. The molecule has 2 heterocycles. The highest BCUT2D eigenvalue weighted by Crippen LogP contribution is 2.09. The van der Waals surface area contributed by atoms with E-state index >= 15 is 0 Å². The van der Waals surface area contributed by atoms with Crippen LogP contribution in [0, 0.1) is 0 Å².